The zero-order valence-electron chi connectivity index (χ0n) is 13.6. The van der Waals surface area contributed by atoms with Gasteiger partial charge in [-0.15, -0.1) is 0 Å². The number of ether oxygens (including phenoxy) is 1. The highest BCUT2D eigenvalue weighted by atomic mass is 16.5. The average molecular weight is 305 g/mol. The molecule has 0 N–H and O–H groups in total. The van der Waals surface area contributed by atoms with Crippen LogP contribution in [0, 0.1) is 13.8 Å². The standard InChI is InChI=1S/C20H19NO2/c1-4-23-20(22)17-12-19(16-11-13(2)9-10-14(16)3)21-18-8-6-5-7-15(17)18/h5-12H,4H2,1-3H3. The minimum absolute atomic E-state index is 0.308. The van der Waals surface area contributed by atoms with Gasteiger partial charge in [-0.1, -0.05) is 35.9 Å². The molecule has 23 heavy (non-hydrogen) atoms. The molecule has 1 aromatic heterocycles. The molecule has 3 nitrogen and oxygen atoms in total. The van der Waals surface area contributed by atoms with Crippen molar-refractivity contribution < 1.29 is 9.53 Å². The molecule has 0 fully saturated rings. The van der Waals surface area contributed by atoms with Crippen LogP contribution in [0.2, 0.25) is 0 Å². The van der Waals surface area contributed by atoms with Crippen LogP contribution >= 0.6 is 0 Å². The predicted molar refractivity (Wildman–Crippen MR) is 92.6 cm³/mol. The van der Waals surface area contributed by atoms with E-state index in [1.54, 1.807) is 0 Å². The van der Waals surface area contributed by atoms with Gasteiger partial charge < -0.3 is 4.74 Å². The van der Waals surface area contributed by atoms with Crippen LogP contribution in [0.4, 0.5) is 0 Å². The van der Waals surface area contributed by atoms with Crippen molar-refractivity contribution in [3.63, 3.8) is 0 Å². The third kappa shape index (κ3) is 2.95. The topological polar surface area (TPSA) is 39.2 Å². The number of carbonyl (C=O) groups is 1. The van der Waals surface area contributed by atoms with Gasteiger partial charge in [-0.2, -0.15) is 0 Å². The smallest absolute Gasteiger partial charge is 0.338 e. The molecular formula is C20H19NO2. The molecule has 0 aliphatic heterocycles. The number of hydrogen-bond donors (Lipinski definition) is 0. The first kappa shape index (κ1) is 15.2. The Morgan fingerprint density at radius 1 is 1.09 bits per heavy atom. The van der Waals surface area contributed by atoms with E-state index in [9.17, 15) is 4.79 Å². The van der Waals surface area contributed by atoms with Crippen molar-refractivity contribution in [1.82, 2.24) is 4.98 Å². The maximum atomic E-state index is 12.3. The van der Waals surface area contributed by atoms with E-state index in [0.29, 0.717) is 12.2 Å². The molecule has 116 valence electrons. The summed E-state index contributed by atoms with van der Waals surface area (Å²) in [5.74, 6) is -0.308. The number of para-hydroxylation sites is 1. The van der Waals surface area contributed by atoms with E-state index < -0.39 is 0 Å². The molecule has 2 aromatic carbocycles. The lowest BCUT2D eigenvalue weighted by Gasteiger charge is -2.11. The number of aromatic nitrogens is 1. The van der Waals surface area contributed by atoms with Gasteiger partial charge in [0.25, 0.3) is 0 Å². The Kier molecular flexibility index (Phi) is 4.11. The highest BCUT2D eigenvalue weighted by Crippen LogP contribution is 2.28. The first-order valence-electron chi connectivity index (χ1n) is 7.74. The van der Waals surface area contributed by atoms with Gasteiger partial charge >= 0.3 is 5.97 Å². The Morgan fingerprint density at radius 2 is 1.87 bits per heavy atom. The van der Waals surface area contributed by atoms with Crippen LogP contribution in [0.25, 0.3) is 22.2 Å². The summed E-state index contributed by atoms with van der Waals surface area (Å²) in [6.07, 6.45) is 0. The van der Waals surface area contributed by atoms with Gasteiger partial charge in [0.1, 0.15) is 0 Å². The Labute approximate surface area is 135 Å². The van der Waals surface area contributed by atoms with Crippen LogP contribution in [-0.2, 0) is 4.74 Å². The van der Waals surface area contributed by atoms with E-state index in [1.807, 2.05) is 37.3 Å². The minimum Gasteiger partial charge on any atom is -0.462 e. The summed E-state index contributed by atoms with van der Waals surface area (Å²) >= 11 is 0. The van der Waals surface area contributed by atoms with Crippen molar-refractivity contribution in [2.45, 2.75) is 20.8 Å². The van der Waals surface area contributed by atoms with Gasteiger partial charge in [-0.25, -0.2) is 9.78 Å². The van der Waals surface area contributed by atoms with E-state index in [4.69, 9.17) is 9.72 Å². The van der Waals surface area contributed by atoms with E-state index >= 15 is 0 Å². The lowest BCUT2D eigenvalue weighted by atomic mass is 9.99. The molecule has 3 rings (SSSR count). The third-order valence-electron chi connectivity index (χ3n) is 3.88. The molecule has 3 aromatic rings. The summed E-state index contributed by atoms with van der Waals surface area (Å²) in [5, 5.41) is 0.819. The van der Waals surface area contributed by atoms with Crippen molar-refractivity contribution in [3.05, 3.63) is 65.2 Å². The summed E-state index contributed by atoms with van der Waals surface area (Å²) in [6.45, 7) is 6.27. The highest BCUT2D eigenvalue weighted by Gasteiger charge is 2.15. The van der Waals surface area contributed by atoms with E-state index in [0.717, 1.165) is 27.7 Å². The fraction of sp³-hybridized carbons (Fsp3) is 0.200. The molecule has 0 bridgehead atoms. The number of benzene rings is 2. The van der Waals surface area contributed by atoms with Crippen LogP contribution in [0.3, 0.4) is 0 Å². The Hall–Kier alpha value is -2.68. The van der Waals surface area contributed by atoms with E-state index in [-0.39, 0.29) is 5.97 Å². The first-order valence-corrected chi connectivity index (χ1v) is 7.74. The Balaban J connectivity index is 2.26. The molecule has 0 radical (unpaired) electrons. The van der Waals surface area contributed by atoms with Crippen LogP contribution in [0.1, 0.15) is 28.4 Å². The first-order chi connectivity index (χ1) is 11.1. The summed E-state index contributed by atoms with van der Waals surface area (Å²) in [7, 11) is 0. The summed E-state index contributed by atoms with van der Waals surface area (Å²) in [6, 6.07) is 15.7. The molecule has 0 aliphatic rings. The van der Waals surface area contributed by atoms with E-state index in [2.05, 4.69) is 32.0 Å². The second-order valence-electron chi connectivity index (χ2n) is 5.61. The second kappa shape index (κ2) is 6.21. The minimum atomic E-state index is -0.308. The van der Waals surface area contributed by atoms with Gasteiger partial charge in [0.05, 0.1) is 23.4 Å². The second-order valence-corrected chi connectivity index (χ2v) is 5.61. The van der Waals surface area contributed by atoms with Gasteiger partial charge in [-0.3, -0.25) is 0 Å². The van der Waals surface area contributed by atoms with Crippen molar-refractivity contribution in [2.75, 3.05) is 6.61 Å². The van der Waals surface area contributed by atoms with Crippen LogP contribution in [0.15, 0.2) is 48.5 Å². The Bertz CT molecular complexity index is 884. The van der Waals surface area contributed by atoms with Crippen molar-refractivity contribution in [2.24, 2.45) is 0 Å². The maximum absolute atomic E-state index is 12.3. The number of fused-ring (bicyclic) bond motifs is 1. The van der Waals surface area contributed by atoms with Gasteiger partial charge in [-0.05, 0) is 44.5 Å². The van der Waals surface area contributed by atoms with Gasteiger partial charge in [0.2, 0.25) is 0 Å². The molecule has 0 atom stereocenters. The number of pyridine rings is 1. The zero-order valence-corrected chi connectivity index (χ0v) is 13.6. The third-order valence-corrected chi connectivity index (χ3v) is 3.88. The van der Waals surface area contributed by atoms with Crippen molar-refractivity contribution in [3.8, 4) is 11.3 Å². The van der Waals surface area contributed by atoms with Crippen LogP contribution in [0.5, 0.6) is 0 Å². The molecule has 0 saturated carbocycles. The largest absolute Gasteiger partial charge is 0.462 e. The van der Waals surface area contributed by atoms with E-state index in [1.165, 1.54) is 5.56 Å². The lowest BCUT2D eigenvalue weighted by Crippen LogP contribution is -2.06. The molecule has 0 amide bonds. The van der Waals surface area contributed by atoms with Crippen LogP contribution < -0.4 is 0 Å². The fourth-order valence-electron chi connectivity index (χ4n) is 2.70. The lowest BCUT2D eigenvalue weighted by molar-refractivity contribution is 0.0528. The molecule has 0 saturated heterocycles. The highest BCUT2D eigenvalue weighted by molar-refractivity contribution is 6.04. The summed E-state index contributed by atoms with van der Waals surface area (Å²) in [5.41, 5.74) is 5.50. The molecule has 0 spiro atoms. The van der Waals surface area contributed by atoms with Crippen LogP contribution in [-0.4, -0.2) is 17.6 Å². The Morgan fingerprint density at radius 3 is 2.65 bits per heavy atom. The molecule has 1 heterocycles. The number of hydrogen-bond acceptors (Lipinski definition) is 3. The maximum Gasteiger partial charge on any atom is 0.338 e. The number of aryl methyl sites for hydroxylation is 2. The average Bonchev–Trinajstić information content (AvgIpc) is 2.56. The molecule has 0 aliphatic carbocycles. The normalized spacial score (nSPS) is 10.7. The predicted octanol–water partition coefficient (Wildman–Crippen LogP) is 4.70. The fourth-order valence-corrected chi connectivity index (χ4v) is 2.70. The quantitative estimate of drug-likeness (QED) is 0.659. The number of esters is 1. The molecule has 0 unspecified atom stereocenters. The van der Waals surface area contributed by atoms with Crippen molar-refractivity contribution >= 4 is 16.9 Å². The SMILES string of the molecule is CCOC(=O)c1cc(-c2cc(C)ccc2C)nc2ccccc12. The van der Waals surface area contributed by atoms with Gasteiger partial charge in [0.15, 0.2) is 0 Å². The number of rotatable bonds is 3. The molecule has 3 heteroatoms. The van der Waals surface area contributed by atoms with Gasteiger partial charge in [0, 0.05) is 10.9 Å². The summed E-state index contributed by atoms with van der Waals surface area (Å²) < 4.78 is 5.21. The number of carbonyl (C=O) groups excluding carboxylic acids is 1. The monoisotopic (exact) mass is 305 g/mol. The zero-order chi connectivity index (χ0) is 16.4. The van der Waals surface area contributed by atoms with Crippen molar-refractivity contribution in [1.29, 1.82) is 0 Å². The molecular weight excluding hydrogens is 286 g/mol. The number of nitrogens with zero attached hydrogens (tertiary/aromatic N) is 1. The summed E-state index contributed by atoms with van der Waals surface area (Å²) in [4.78, 5) is 17.1.